The van der Waals surface area contributed by atoms with Crippen molar-refractivity contribution in [1.82, 2.24) is 19.6 Å². The third-order valence-electron chi connectivity index (χ3n) is 3.79. The van der Waals surface area contributed by atoms with Crippen LogP contribution in [0.3, 0.4) is 0 Å². The fraction of sp³-hybridized carbons (Fsp3) is 0.667. The van der Waals surface area contributed by atoms with Crippen molar-refractivity contribution >= 4 is 17.8 Å². The van der Waals surface area contributed by atoms with E-state index in [-0.39, 0.29) is 23.7 Å². The molecule has 1 aliphatic heterocycles. The maximum absolute atomic E-state index is 12.3. The molecule has 3 amide bonds. The van der Waals surface area contributed by atoms with Crippen molar-refractivity contribution in [2.75, 3.05) is 31.5 Å². The lowest BCUT2D eigenvalue weighted by Crippen LogP contribution is -2.40. The Balaban J connectivity index is 1.88. The standard InChI is InChI=1S/C15H23F2N5O2/c1-11(2)14(23)20-5-3-6-21(9-8-20)15(24)18-13-4-7-22(19-13)10-12(16)17/h4,7,11-12H,3,5-6,8-10H2,1-2H3,(H,18,19,24). The molecule has 0 bridgehead atoms. The summed E-state index contributed by atoms with van der Waals surface area (Å²) in [6.45, 7) is 5.29. The monoisotopic (exact) mass is 343 g/mol. The molecular weight excluding hydrogens is 320 g/mol. The Morgan fingerprint density at radius 3 is 2.54 bits per heavy atom. The molecule has 2 heterocycles. The van der Waals surface area contributed by atoms with E-state index in [1.165, 1.54) is 12.3 Å². The molecule has 9 heteroatoms. The van der Waals surface area contributed by atoms with Crippen molar-refractivity contribution in [2.45, 2.75) is 33.2 Å². The maximum Gasteiger partial charge on any atom is 0.323 e. The minimum absolute atomic E-state index is 0.0656. The first-order chi connectivity index (χ1) is 11.4. The van der Waals surface area contributed by atoms with E-state index in [2.05, 4.69) is 10.4 Å². The Kier molecular flexibility index (Phi) is 6.10. The van der Waals surface area contributed by atoms with E-state index in [1.807, 2.05) is 13.8 Å². The van der Waals surface area contributed by atoms with Crippen LogP contribution in [0.5, 0.6) is 0 Å². The number of nitrogens with zero attached hydrogens (tertiary/aromatic N) is 4. The Morgan fingerprint density at radius 1 is 1.21 bits per heavy atom. The van der Waals surface area contributed by atoms with Crippen LogP contribution in [0.2, 0.25) is 0 Å². The van der Waals surface area contributed by atoms with Gasteiger partial charge in [-0.05, 0) is 6.42 Å². The smallest absolute Gasteiger partial charge is 0.323 e. The molecule has 2 rings (SSSR count). The van der Waals surface area contributed by atoms with E-state index >= 15 is 0 Å². The van der Waals surface area contributed by atoms with Gasteiger partial charge in [0.2, 0.25) is 5.91 Å². The third-order valence-corrected chi connectivity index (χ3v) is 3.79. The molecule has 0 radical (unpaired) electrons. The lowest BCUT2D eigenvalue weighted by atomic mass is 10.2. The number of carbonyl (C=O) groups excluding carboxylic acids is 2. The number of hydrogen-bond donors (Lipinski definition) is 1. The number of aromatic nitrogens is 2. The van der Waals surface area contributed by atoms with Gasteiger partial charge in [0.25, 0.3) is 6.43 Å². The van der Waals surface area contributed by atoms with E-state index in [1.54, 1.807) is 9.80 Å². The lowest BCUT2D eigenvalue weighted by molar-refractivity contribution is -0.134. The van der Waals surface area contributed by atoms with Crippen LogP contribution in [0.1, 0.15) is 20.3 Å². The summed E-state index contributed by atoms with van der Waals surface area (Å²) in [5.74, 6) is 0.257. The van der Waals surface area contributed by atoms with E-state index in [0.717, 1.165) is 4.68 Å². The number of rotatable bonds is 4. The van der Waals surface area contributed by atoms with Gasteiger partial charge in [0.15, 0.2) is 5.82 Å². The van der Waals surface area contributed by atoms with Gasteiger partial charge in [0.1, 0.15) is 6.54 Å². The molecule has 0 atom stereocenters. The number of alkyl halides is 2. The molecule has 0 spiro atoms. The molecule has 1 aromatic heterocycles. The van der Waals surface area contributed by atoms with Crippen LogP contribution in [-0.4, -0.2) is 64.1 Å². The first-order valence-corrected chi connectivity index (χ1v) is 8.03. The number of hydrogen-bond acceptors (Lipinski definition) is 3. The average molecular weight is 343 g/mol. The Labute approximate surface area is 139 Å². The van der Waals surface area contributed by atoms with E-state index in [9.17, 15) is 18.4 Å². The van der Waals surface area contributed by atoms with Crippen LogP contribution in [0.25, 0.3) is 0 Å². The number of urea groups is 1. The third kappa shape index (κ3) is 4.90. The van der Waals surface area contributed by atoms with Crippen molar-refractivity contribution in [3.05, 3.63) is 12.3 Å². The first-order valence-electron chi connectivity index (χ1n) is 8.03. The Morgan fingerprint density at radius 2 is 1.88 bits per heavy atom. The highest BCUT2D eigenvalue weighted by atomic mass is 19.3. The van der Waals surface area contributed by atoms with Crippen LogP contribution >= 0.6 is 0 Å². The van der Waals surface area contributed by atoms with Gasteiger partial charge in [-0.15, -0.1) is 0 Å². The predicted octanol–water partition coefficient (Wildman–Crippen LogP) is 1.87. The lowest BCUT2D eigenvalue weighted by Gasteiger charge is -2.23. The second-order valence-corrected chi connectivity index (χ2v) is 6.06. The summed E-state index contributed by atoms with van der Waals surface area (Å²) in [7, 11) is 0. The fourth-order valence-electron chi connectivity index (χ4n) is 2.57. The molecular formula is C15H23F2N5O2. The molecule has 1 saturated heterocycles. The number of carbonyl (C=O) groups is 2. The van der Waals surface area contributed by atoms with Crippen molar-refractivity contribution in [1.29, 1.82) is 0 Å². The number of nitrogens with one attached hydrogen (secondary N) is 1. The average Bonchev–Trinajstić information content (AvgIpc) is 2.80. The van der Waals surface area contributed by atoms with Crippen molar-refractivity contribution in [3.63, 3.8) is 0 Å². The highest BCUT2D eigenvalue weighted by Crippen LogP contribution is 2.10. The summed E-state index contributed by atoms with van der Waals surface area (Å²) in [5.41, 5.74) is 0. The molecule has 134 valence electrons. The van der Waals surface area contributed by atoms with Gasteiger partial charge in [-0.2, -0.15) is 5.10 Å². The molecule has 7 nitrogen and oxygen atoms in total. The summed E-state index contributed by atoms with van der Waals surface area (Å²) in [6.07, 6.45) is -0.401. The zero-order chi connectivity index (χ0) is 17.7. The summed E-state index contributed by atoms with van der Waals surface area (Å²) in [5, 5.41) is 6.50. The molecule has 1 N–H and O–H groups in total. The van der Waals surface area contributed by atoms with E-state index in [0.29, 0.717) is 32.6 Å². The molecule has 24 heavy (non-hydrogen) atoms. The van der Waals surface area contributed by atoms with Crippen LogP contribution in [0.15, 0.2) is 12.3 Å². The summed E-state index contributed by atoms with van der Waals surface area (Å²) >= 11 is 0. The van der Waals surface area contributed by atoms with Crippen LogP contribution in [0.4, 0.5) is 19.4 Å². The van der Waals surface area contributed by atoms with Gasteiger partial charge in [-0.3, -0.25) is 14.8 Å². The second-order valence-electron chi connectivity index (χ2n) is 6.06. The molecule has 0 saturated carbocycles. The molecule has 1 fully saturated rings. The zero-order valence-electron chi connectivity index (χ0n) is 13.9. The van der Waals surface area contributed by atoms with Gasteiger partial charge < -0.3 is 9.80 Å². The zero-order valence-corrected chi connectivity index (χ0v) is 13.9. The summed E-state index contributed by atoms with van der Waals surface area (Å²) in [6, 6.07) is 1.14. The van der Waals surface area contributed by atoms with Gasteiger partial charge in [-0.1, -0.05) is 13.8 Å². The van der Waals surface area contributed by atoms with Crippen LogP contribution < -0.4 is 5.32 Å². The Bertz CT molecular complexity index is 576. The number of anilines is 1. The summed E-state index contributed by atoms with van der Waals surface area (Å²) in [4.78, 5) is 27.7. The highest BCUT2D eigenvalue weighted by molar-refractivity contribution is 5.88. The minimum atomic E-state index is -2.50. The van der Waals surface area contributed by atoms with Crippen molar-refractivity contribution < 1.29 is 18.4 Å². The first kappa shape index (κ1) is 18.2. The van der Waals surface area contributed by atoms with E-state index < -0.39 is 13.0 Å². The fourth-order valence-corrected chi connectivity index (χ4v) is 2.57. The Hall–Kier alpha value is -2.19. The van der Waals surface area contributed by atoms with Gasteiger partial charge in [0, 0.05) is 44.4 Å². The van der Waals surface area contributed by atoms with Crippen LogP contribution in [0, 0.1) is 5.92 Å². The van der Waals surface area contributed by atoms with Gasteiger partial charge >= 0.3 is 6.03 Å². The van der Waals surface area contributed by atoms with Crippen molar-refractivity contribution in [3.8, 4) is 0 Å². The quantitative estimate of drug-likeness (QED) is 0.907. The molecule has 1 aliphatic rings. The van der Waals surface area contributed by atoms with E-state index in [4.69, 9.17) is 0 Å². The number of amides is 3. The number of halogens is 2. The minimum Gasteiger partial charge on any atom is -0.341 e. The van der Waals surface area contributed by atoms with Crippen LogP contribution in [-0.2, 0) is 11.3 Å². The SMILES string of the molecule is CC(C)C(=O)N1CCCN(C(=O)Nc2ccn(CC(F)F)n2)CC1. The largest absolute Gasteiger partial charge is 0.341 e. The molecule has 1 aromatic rings. The van der Waals surface area contributed by atoms with Gasteiger partial charge in [0.05, 0.1) is 0 Å². The predicted molar refractivity (Wildman–Crippen MR) is 84.9 cm³/mol. The molecule has 0 aliphatic carbocycles. The van der Waals surface area contributed by atoms with Gasteiger partial charge in [-0.25, -0.2) is 13.6 Å². The second kappa shape index (κ2) is 8.07. The normalized spacial score (nSPS) is 15.8. The highest BCUT2D eigenvalue weighted by Gasteiger charge is 2.23. The topological polar surface area (TPSA) is 70.5 Å². The van der Waals surface area contributed by atoms with Crippen molar-refractivity contribution in [2.24, 2.45) is 5.92 Å². The maximum atomic E-state index is 12.3. The molecule has 0 unspecified atom stereocenters. The molecule has 0 aromatic carbocycles. The summed E-state index contributed by atoms with van der Waals surface area (Å²) < 4.78 is 25.7.